The van der Waals surface area contributed by atoms with Crippen molar-refractivity contribution in [2.75, 3.05) is 0 Å². The maximum atomic E-state index is 10.4. The van der Waals surface area contributed by atoms with Gasteiger partial charge in [0.15, 0.2) is 0 Å². The van der Waals surface area contributed by atoms with Crippen LogP contribution in [0.2, 0.25) is 0 Å². The van der Waals surface area contributed by atoms with E-state index in [1.807, 2.05) is 0 Å². The fourth-order valence-corrected chi connectivity index (χ4v) is 2.20. The van der Waals surface area contributed by atoms with Gasteiger partial charge in [0, 0.05) is 0 Å². The van der Waals surface area contributed by atoms with Crippen molar-refractivity contribution in [2.24, 2.45) is 0 Å². The smallest absolute Gasteiger partial charge is 0.304 e. The second kappa shape index (κ2) is 2.17. The lowest BCUT2D eigenvalue weighted by atomic mass is 11.5. The molecule has 0 amide bonds. The van der Waals surface area contributed by atoms with Crippen molar-refractivity contribution in [3.8, 4) is 0 Å². The molecule has 1 saturated heterocycles. The molecule has 1 fully saturated rings. The van der Waals surface area contributed by atoms with Gasteiger partial charge in [-0.3, -0.25) is 4.79 Å². The molecule has 0 radical (unpaired) electrons. The van der Waals surface area contributed by atoms with Gasteiger partial charge in [0.2, 0.25) is 0 Å². The van der Waals surface area contributed by atoms with Crippen molar-refractivity contribution in [1.82, 2.24) is 0 Å². The monoisotopic (exact) mass is 216 g/mol. The van der Waals surface area contributed by atoms with Crippen LogP contribution in [0, 0.1) is 0 Å². The zero-order chi connectivity index (χ0) is 9.57. The Labute approximate surface area is 66.3 Å². The van der Waals surface area contributed by atoms with Gasteiger partial charge in [-0.05, 0) is 0 Å². The maximum Gasteiger partial charge on any atom is 0.541 e. The van der Waals surface area contributed by atoms with E-state index in [4.69, 9.17) is 0 Å². The molecule has 8 nitrogen and oxygen atoms in total. The lowest BCUT2D eigenvalue weighted by molar-refractivity contribution is 0.154. The van der Waals surface area contributed by atoms with E-state index in [9.17, 15) is 26.4 Å². The Morgan fingerprint density at radius 1 is 0.833 bits per heavy atom. The summed E-state index contributed by atoms with van der Waals surface area (Å²) in [6.45, 7) is 0. The predicted octanol–water partition coefficient (Wildman–Crippen LogP) is -1.07. The predicted molar refractivity (Wildman–Crippen MR) is 30.8 cm³/mol. The van der Waals surface area contributed by atoms with Gasteiger partial charge in [0.05, 0.1) is 0 Å². The fraction of sp³-hybridized carbons (Fsp3) is 0. The van der Waals surface area contributed by atoms with E-state index in [1.165, 1.54) is 0 Å². The average Bonchev–Trinajstić information content (AvgIpc) is 1.80. The molecule has 1 aliphatic heterocycles. The Kier molecular flexibility index (Phi) is 1.61. The summed E-state index contributed by atoms with van der Waals surface area (Å²) in [5.41, 5.74) is 0. The van der Waals surface area contributed by atoms with Crippen LogP contribution in [0.1, 0.15) is 0 Å². The summed E-state index contributed by atoms with van der Waals surface area (Å²) in [6, 6.07) is 0. The van der Waals surface area contributed by atoms with E-state index < -0.39 is 30.8 Å². The molecule has 1 aliphatic rings. The SMILES string of the molecule is O=C1OS(=O)(=O)C(=O)S(=O)(=O)O1. The van der Waals surface area contributed by atoms with Gasteiger partial charge in [-0.25, -0.2) is 4.79 Å². The molecule has 0 spiro atoms. The molecule has 10 heteroatoms. The number of rotatable bonds is 0. The molecular formula is C2O8S2. The van der Waals surface area contributed by atoms with Crippen LogP contribution < -0.4 is 0 Å². The summed E-state index contributed by atoms with van der Waals surface area (Å²) in [5.74, 6) is 0. The van der Waals surface area contributed by atoms with Crippen molar-refractivity contribution in [1.29, 1.82) is 0 Å². The van der Waals surface area contributed by atoms with Crippen LogP contribution >= 0.6 is 0 Å². The summed E-state index contributed by atoms with van der Waals surface area (Å²) >= 11 is 0. The third kappa shape index (κ3) is 1.25. The van der Waals surface area contributed by atoms with E-state index >= 15 is 0 Å². The molecule has 0 aromatic heterocycles. The van der Waals surface area contributed by atoms with Gasteiger partial charge in [-0.15, -0.1) is 0 Å². The molecule has 0 unspecified atom stereocenters. The average molecular weight is 216 g/mol. The molecule has 0 aliphatic carbocycles. The molecule has 0 aromatic carbocycles. The van der Waals surface area contributed by atoms with Gasteiger partial charge in [-0.1, -0.05) is 0 Å². The summed E-state index contributed by atoms with van der Waals surface area (Å²) in [7, 11) is -10.0. The second-order valence-electron chi connectivity index (χ2n) is 1.57. The first kappa shape index (κ1) is 8.93. The quantitative estimate of drug-likeness (QED) is 0.469. The standard InChI is InChI=1S/C2O8S2/c3-1-9-11(5,6)2(4)12(7,8)10-1. The number of carbonyl (C=O) groups excluding carboxylic acids is 2. The van der Waals surface area contributed by atoms with Gasteiger partial charge >= 0.3 is 30.8 Å². The summed E-state index contributed by atoms with van der Waals surface area (Å²) in [4.78, 5) is 20.4. The molecule has 68 valence electrons. The van der Waals surface area contributed by atoms with Gasteiger partial charge in [0.25, 0.3) is 0 Å². The fourth-order valence-electron chi connectivity index (χ4n) is 0.386. The van der Waals surface area contributed by atoms with Crippen LogP contribution in [0.15, 0.2) is 0 Å². The topological polar surface area (TPSA) is 121 Å². The minimum absolute atomic E-state index is 1.96. The van der Waals surface area contributed by atoms with Crippen LogP contribution in [0.25, 0.3) is 0 Å². The van der Waals surface area contributed by atoms with E-state index in [2.05, 4.69) is 8.37 Å². The third-order valence-corrected chi connectivity index (χ3v) is 3.52. The molecule has 0 atom stereocenters. The highest BCUT2D eigenvalue weighted by Gasteiger charge is 2.48. The minimum Gasteiger partial charge on any atom is -0.304 e. The summed E-state index contributed by atoms with van der Waals surface area (Å²) in [6.07, 6.45) is -1.96. The third-order valence-electron chi connectivity index (χ3n) is 0.764. The zero-order valence-electron chi connectivity index (χ0n) is 5.08. The number of carbonyl (C=O) groups is 2. The van der Waals surface area contributed by atoms with E-state index in [0.717, 1.165) is 0 Å². The van der Waals surface area contributed by atoms with E-state index in [0.29, 0.717) is 0 Å². The minimum atomic E-state index is -5.02. The Hall–Kier alpha value is -1.16. The van der Waals surface area contributed by atoms with Gasteiger partial charge < -0.3 is 8.37 Å². The Morgan fingerprint density at radius 2 is 1.17 bits per heavy atom. The number of hydrogen-bond acceptors (Lipinski definition) is 8. The van der Waals surface area contributed by atoms with Gasteiger partial charge in [-0.2, -0.15) is 16.8 Å². The maximum absolute atomic E-state index is 10.4. The Bertz CT molecular complexity index is 395. The van der Waals surface area contributed by atoms with Crippen molar-refractivity contribution in [3.63, 3.8) is 0 Å². The molecule has 12 heavy (non-hydrogen) atoms. The highest BCUT2D eigenvalue weighted by molar-refractivity contribution is 8.28. The van der Waals surface area contributed by atoms with Crippen molar-refractivity contribution < 1.29 is 34.8 Å². The Morgan fingerprint density at radius 3 is 1.50 bits per heavy atom. The van der Waals surface area contributed by atoms with Crippen molar-refractivity contribution >= 4 is 30.8 Å². The zero-order valence-corrected chi connectivity index (χ0v) is 6.72. The van der Waals surface area contributed by atoms with E-state index in [1.54, 1.807) is 0 Å². The first-order valence-electron chi connectivity index (χ1n) is 2.22. The number of hydrogen-bond donors (Lipinski definition) is 0. The van der Waals surface area contributed by atoms with Gasteiger partial charge in [0.1, 0.15) is 0 Å². The normalized spacial score (nSPS) is 25.7. The lowest BCUT2D eigenvalue weighted by Crippen LogP contribution is -2.35. The van der Waals surface area contributed by atoms with Crippen LogP contribution in [0.4, 0.5) is 9.59 Å². The second-order valence-corrected chi connectivity index (χ2v) is 4.72. The molecule has 0 N–H and O–H groups in total. The molecule has 0 aromatic rings. The molecule has 1 rings (SSSR count). The molecular weight excluding hydrogens is 216 g/mol. The van der Waals surface area contributed by atoms with Crippen LogP contribution in [-0.2, 0) is 28.6 Å². The van der Waals surface area contributed by atoms with Crippen LogP contribution in [0.5, 0.6) is 0 Å². The van der Waals surface area contributed by atoms with Crippen LogP contribution in [0.3, 0.4) is 0 Å². The highest BCUT2D eigenvalue weighted by Crippen LogP contribution is 2.15. The molecule has 0 saturated carbocycles. The first-order valence-corrected chi connectivity index (χ1v) is 5.04. The highest BCUT2D eigenvalue weighted by atomic mass is 32.3. The first-order chi connectivity index (χ1) is 5.26. The van der Waals surface area contributed by atoms with Crippen molar-refractivity contribution in [3.05, 3.63) is 0 Å². The Balaban J connectivity index is 3.37. The largest absolute Gasteiger partial charge is 0.541 e. The molecule has 0 bridgehead atoms. The van der Waals surface area contributed by atoms with Crippen LogP contribution in [-0.4, -0.2) is 27.4 Å². The summed E-state index contributed by atoms with van der Waals surface area (Å²) < 4.78 is 45.7. The lowest BCUT2D eigenvalue weighted by Gasteiger charge is -2.08. The molecule has 1 heterocycles. The van der Waals surface area contributed by atoms with E-state index in [-0.39, 0.29) is 0 Å². The van der Waals surface area contributed by atoms with Crippen molar-refractivity contribution in [2.45, 2.75) is 0 Å². The summed E-state index contributed by atoms with van der Waals surface area (Å²) in [5, 5.41) is 0.